The lowest BCUT2D eigenvalue weighted by Crippen LogP contribution is -2.24. The standard InChI is InChI=1S/C23H26N4O3/c1-17-12-21(29-3)22(30-4)13-19(17)15-26(2)23(28)11-10-20-16-27(25-24-20)14-18-8-6-5-7-9-18/h5-13,16H,14-15H2,1-4H3/b11-10+. The molecule has 0 N–H and O–H groups in total. The Morgan fingerprint density at radius 3 is 2.53 bits per heavy atom. The minimum atomic E-state index is -0.123. The summed E-state index contributed by atoms with van der Waals surface area (Å²) in [5, 5.41) is 8.22. The van der Waals surface area contributed by atoms with E-state index in [9.17, 15) is 4.79 Å². The molecule has 0 saturated carbocycles. The molecule has 0 fully saturated rings. The average Bonchev–Trinajstić information content (AvgIpc) is 3.20. The third-order valence-electron chi connectivity index (χ3n) is 4.77. The van der Waals surface area contributed by atoms with Crippen LogP contribution in [-0.4, -0.2) is 47.1 Å². The molecule has 0 bridgehead atoms. The number of aromatic nitrogens is 3. The normalized spacial score (nSPS) is 10.9. The molecule has 0 unspecified atom stereocenters. The first kappa shape index (κ1) is 21.1. The Balaban J connectivity index is 1.63. The fourth-order valence-electron chi connectivity index (χ4n) is 3.05. The molecule has 2 aromatic carbocycles. The first-order valence-electron chi connectivity index (χ1n) is 9.59. The highest BCUT2D eigenvalue weighted by atomic mass is 16.5. The number of carbonyl (C=O) groups is 1. The van der Waals surface area contributed by atoms with E-state index in [2.05, 4.69) is 10.3 Å². The van der Waals surface area contributed by atoms with E-state index in [1.165, 1.54) is 6.08 Å². The molecule has 0 aliphatic heterocycles. The summed E-state index contributed by atoms with van der Waals surface area (Å²) in [6.45, 7) is 3.07. The van der Waals surface area contributed by atoms with Gasteiger partial charge in [0.15, 0.2) is 11.5 Å². The van der Waals surface area contributed by atoms with E-state index in [4.69, 9.17) is 9.47 Å². The van der Waals surface area contributed by atoms with Crippen molar-refractivity contribution in [3.63, 3.8) is 0 Å². The molecule has 0 spiro atoms. The number of aryl methyl sites for hydroxylation is 1. The first-order valence-corrected chi connectivity index (χ1v) is 9.59. The van der Waals surface area contributed by atoms with E-state index in [1.54, 1.807) is 36.9 Å². The fraction of sp³-hybridized carbons (Fsp3) is 0.261. The zero-order valence-corrected chi connectivity index (χ0v) is 17.7. The van der Waals surface area contributed by atoms with Crippen molar-refractivity contribution < 1.29 is 14.3 Å². The van der Waals surface area contributed by atoms with Crippen molar-refractivity contribution >= 4 is 12.0 Å². The van der Waals surface area contributed by atoms with Gasteiger partial charge in [-0.25, -0.2) is 4.68 Å². The lowest BCUT2D eigenvalue weighted by Gasteiger charge is -2.18. The molecule has 1 amide bonds. The first-order chi connectivity index (χ1) is 14.5. The van der Waals surface area contributed by atoms with Crippen molar-refractivity contribution in [3.05, 3.63) is 77.1 Å². The molecule has 156 valence electrons. The minimum Gasteiger partial charge on any atom is -0.493 e. The van der Waals surface area contributed by atoms with Crippen LogP contribution in [0.2, 0.25) is 0 Å². The van der Waals surface area contributed by atoms with Gasteiger partial charge in [-0.1, -0.05) is 35.5 Å². The molecule has 0 aliphatic rings. The van der Waals surface area contributed by atoms with Crippen molar-refractivity contribution in [3.8, 4) is 11.5 Å². The van der Waals surface area contributed by atoms with Gasteiger partial charge in [0.05, 0.1) is 27.0 Å². The molecule has 7 nitrogen and oxygen atoms in total. The maximum Gasteiger partial charge on any atom is 0.246 e. The summed E-state index contributed by atoms with van der Waals surface area (Å²) in [6, 6.07) is 13.8. The Morgan fingerprint density at radius 1 is 1.13 bits per heavy atom. The van der Waals surface area contributed by atoms with E-state index >= 15 is 0 Å². The lowest BCUT2D eigenvalue weighted by atomic mass is 10.1. The van der Waals surface area contributed by atoms with E-state index < -0.39 is 0 Å². The molecule has 1 heterocycles. The number of hydrogen-bond donors (Lipinski definition) is 0. The summed E-state index contributed by atoms with van der Waals surface area (Å²) < 4.78 is 12.4. The van der Waals surface area contributed by atoms with Crippen LogP contribution in [-0.2, 0) is 17.9 Å². The molecular weight excluding hydrogens is 380 g/mol. The second kappa shape index (κ2) is 9.73. The van der Waals surface area contributed by atoms with Crippen LogP contribution in [0.15, 0.2) is 54.7 Å². The van der Waals surface area contributed by atoms with Crippen LogP contribution in [0.3, 0.4) is 0 Å². The van der Waals surface area contributed by atoms with Gasteiger partial charge in [0.25, 0.3) is 0 Å². The summed E-state index contributed by atoms with van der Waals surface area (Å²) in [4.78, 5) is 14.2. The molecule has 3 aromatic rings. The second-order valence-electron chi connectivity index (χ2n) is 6.99. The van der Waals surface area contributed by atoms with Gasteiger partial charge in [0.2, 0.25) is 5.91 Å². The Labute approximate surface area is 176 Å². The van der Waals surface area contributed by atoms with Gasteiger partial charge >= 0.3 is 0 Å². The summed E-state index contributed by atoms with van der Waals surface area (Å²) in [7, 11) is 4.96. The summed E-state index contributed by atoms with van der Waals surface area (Å²) in [6.07, 6.45) is 5.00. The largest absolute Gasteiger partial charge is 0.493 e. The van der Waals surface area contributed by atoms with Crippen LogP contribution < -0.4 is 9.47 Å². The Bertz CT molecular complexity index is 1030. The zero-order valence-electron chi connectivity index (χ0n) is 17.7. The Morgan fingerprint density at radius 2 is 1.83 bits per heavy atom. The second-order valence-corrected chi connectivity index (χ2v) is 6.99. The van der Waals surface area contributed by atoms with Gasteiger partial charge in [0.1, 0.15) is 5.69 Å². The van der Waals surface area contributed by atoms with Gasteiger partial charge in [-0.15, -0.1) is 5.10 Å². The number of carbonyl (C=O) groups excluding carboxylic acids is 1. The van der Waals surface area contributed by atoms with E-state index in [0.717, 1.165) is 16.7 Å². The monoisotopic (exact) mass is 406 g/mol. The average molecular weight is 406 g/mol. The number of likely N-dealkylation sites (N-methyl/N-ethyl adjacent to an activating group) is 1. The number of ether oxygens (including phenoxy) is 2. The highest BCUT2D eigenvalue weighted by Crippen LogP contribution is 2.30. The summed E-state index contributed by atoms with van der Waals surface area (Å²) in [5.41, 5.74) is 3.79. The molecular formula is C23H26N4O3. The van der Waals surface area contributed by atoms with E-state index in [1.807, 2.05) is 55.6 Å². The molecule has 0 radical (unpaired) electrons. The highest BCUT2D eigenvalue weighted by molar-refractivity contribution is 5.91. The van der Waals surface area contributed by atoms with Crippen LogP contribution in [0.1, 0.15) is 22.4 Å². The van der Waals surface area contributed by atoms with Crippen LogP contribution in [0.4, 0.5) is 0 Å². The van der Waals surface area contributed by atoms with E-state index in [-0.39, 0.29) is 5.91 Å². The molecule has 7 heteroatoms. The van der Waals surface area contributed by atoms with Crippen molar-refractivity contribution in [2.24, 2.45) is 0 Å². The smallest absolute Gasteiger partial charge is 0.246 e. The van der Waals surface area contributed by atoms with Crippen LogP contribution in [0.5, 0.6) is 11.5 Å². The van der Waals surface area contributed by atoms with Gasteiger partial charge in [-0.05, 0) is 41.8 Å². The predicted molar refractivity (Wildman–Crippen MR) is 115 cm³/mol. The molecule has 3 rings (SSSR count). The quantitative estimate of drug-likeness (QED) is 0.537. The van der Waals surface area contributed by atoms with Gasteiger partial charge in [0, 0.05) is 19.7 Å². The van der Waals surface area contributed by atoms with Crippen LogP contribution in [0.25, 0.3) is 6.08 Å². The minimum absolute atomic E-state index is 0.123. The molecule has 30 heavy (non-hydrogen) atoms. The van der Waals surface area contributed by atoms with Gasteiger partial charge in [-0.2, -0.15) is 0 Å². The number of nitrogens with zero attached hydrogens (tertiary/aromatic N) is 4. The molecule has 0 atom stereocenters. The third-order valence-corrected chi connectivity index (χ3v) is 4.77. The maximum atomic E-state index is 12.5. The third kappa shape index (κ3) is 5.26. The zero-order chi connectivity index (χ0) is 21.5. The van der Waals surface area contributed by atoms with Crippen molar-refractivity contribution in [1.82, 2.24) is 19.9 Å². The molecule has 0 saturated heterocycles. The van der Waals surface area contributed by atoms with Crippen LogP contribution in [0, 0.1) is 6.92 Å². The number of benzene rings is 2. The number of amides is 1. The summed E-state index contributed by atoms with van der Waals surface area (Å²) >= 11 is 0. The number of methoxy groups -OCH3 is 2. The lowest BCUT2D eigenvalue weighted by molar-refractivity contribution is -0.125. The van der Waals surface area contributed by atoms with Gasteiger partial charge in [-0.3, -0.25) is 4.79 Å². The molecule has 0 aliphatic carbocycles. The summed E-state index contributed by atoms with van der Waals surface area (Å²) in [5.74, 6) is 1.19. The molecule has 1 aromatic heterocycles. The van der Waals surface area contributed by atoms with Crippen molar-refractivity contribution in [2.75, 3.05) is 21.3 Å². The topological polar surface area (TPSA) is 69.5 Å². The van der Waals surface area contributed by atoms with E-state index in [0.29, 0.717) is 30.3 Å². The number of rotatable bonds is 8. The SMILES string of the molecule is COc1cc(C)c(CN(C)C(=O)/C=C/c2cn(Cc3ccccc3)nn2)cc1OC. The van der Waals surface area contributed by atoms with Gasteiger partial charge < -0.3 is 14.4 Å². The Kier molecular flexibility index (Phi) is 6.85. The highest BCUT2D eigenvalue weighted by Gasteiger charge is 2.12. The fourth-order valence-corrected chi connectivity index (χ4v) is 3.05. The predicted octanol–water partition coefficient (Wildman–Crippen LogP) is 3.32. The Hall–Kier alpha value is -3.61. The van der Waals surface area contributed by atoms with Crippen LogP contribution >= 0.6 is 0 Å². The number of hydrogen-bond acceptors (Lipinski definition) is 5. The van der Waals surface area contributed by atoms with Crippen molar-refractivity contribution in [1.29, 1.82) is 0 Å². The maximum absolute atomic E-state index is 12.5. The van der Waals surface area contributed by atoms with Crippen molar-refractivity contribution in [2.45, 2.75) is 20.0 Å².